The summed E-state index contributed by atoms with van der Waals surface area (Å²) in [6.07, 6.45) is 4.41. The number of hydrogen-bond donors (Lipinski definition) is 1. The standard InChI is InChI=1S/C18H21N3O2/c1-23-14-5-2-4-13(10-14)17-6-3-9-21(17)18(22)16-11-15(19-20-16)12-7-8-12/h2,4-5,10-12,17H,3,6-9H2,1H3,(H,19,20)/t17-/m0/s1. The highest BCUT2D eigenvalue weighted by Crippen LogP contribution is 2.39. The van der Waals surface area contributed by atoms with Crippen molar-refractivity contribution < 1.29 is 9.53 Å². The predicted molar refractivity (Wildman–Crippen MR) is 86.6 cm³/mol. The second-order valence-corrected chi connectivity index (χ2v) is 6.42. The van der Waals surface area contributed by atoms with Gasteiger partial charge in [0.25, 0.3) is 5.91 Å². The van der Waals surface area contributed by atoms with Gasteiger partial charge in [0.15, 0.2) is 0 Å². The van der Waals surface area contributed by atoms with E-state index in [2.05, 4.69) is 16.3 Å². The molecule has 2 aromatic rings. The Morgan fingerprint density at radius 2 is 2.17 bits per heavy atom. The highest BCUT2D eigenvalue weighted by molar-refractivity contribution is 5.93. The summed E-state index contributed by atoms with van der Waals surface area (Å²) in [6, 6.07) is 10.0. The van der Waals surface area contributed by atoms with Crippen LogP contribution in [-0.2, 0) is 0 Å². The van der Waals surface area contributed by atoms with Crippen LogP contribution < -0.4 is 4.74 Å². The molecule has 120 valence electrons. The van der Waals surface area contributed by atoms with E-state index in [0.717, 1.165) is 36.4 Å². The fourth-order valence-electron chi connectivity index (χ4n) is 3.40. The number of nitrogens with zero attached hydrogens (tertiary/aromatic N) is 2. The number of aromatic nitrogens is 2. The summed E-state index contributed by atoms with van der Waals surface area (Å²) in [5.74, 6) is 1.44. The molecule has 1 aromatic carbocycles. The number of likely N-dealkylation sites (tertiary alicyclic amines) is 1. The van der Waals surface area contributed by atoms with Gasteiger partial charge in [0.2, 0.25) is 0 Å². The first kappa shape index (κ1) is 14.3. The first-order valence-corrected chi connectivity index (χ1v) is 8.26. The van der Waals surface area contributed by atoms with E-state index in [1.165, 1.54) is 12.8 Å². The zero-order chi connectivity index (χ0) is 15.8. The second kappa shape index (κ2) is 5.72. The summed E-state index contributed by atoms with van der Waals surface area (Å²) < 4.78 is 5.31. The lowest BCUT2D eigenvalue weighted by molar-refractivity contribution is 0.0729. The number of amides is 1. The second-order valence-electron chi connectivity index (χ2n) is 6.42. The average molecular weight is 311 g/mol. The van der Waals surface area contributed by atoms with E-state index >= 15 is 0 Å². The van der Waals surface area contributed by atoms with Crippen LogP contribution in [0.25, 0.3) is 0 Å². The van der Waals surface area contributed by atoms with Gasteiger partial charge in [-0.3, -0.25) is 9.89 Å². The van der Waals surface area contributed by atoms with Crippen LogP contribution in [0.1, 0.15) is 59.4 Å². The lowest BCUT2D eigenvalue weighted by Gasteiger charge is -2.24. The number of rotatable bonds is 4. The van der Waals surface area contributed by atoms with Gasteiger partial charge in [0.05, 0.1) is 13.2 Å². The Hall–Kier alpha value is -2.30. The molecule has 0 spiro atoms. The molecule has 0 bridgehead atoms. The Labute approximate surface area is 135 Å². The maximum Gasteiger partial charge on any atom is 0.274 e. The molecular formula is C18H21N3O2. The molecule has 23 heavy (non-hydrogen) atoms. The number of benzene rings is 1. The third-order valence-corrected chi connectivity index (χ3v) is 4.83. The fourth-order valence-corrected chi connectivity index (χ4v) is 3.40. The van der Waals surface area contributed by atoms with Gasteiger partial charge in [-0.05, 0) is 49.4 Å². The smallest absolute Gasteiger partial charge is 0.274 e. The van der Waals surface area contributed by atoms with Crippen molar-refractivity contribution in [2.75, 3.05) is 13.7 Å². The number of methoxy groups -OCH3 is 1. The molecule has 0 unspecified atom stereocenters. The Kier molecular flexibility index (Phi) is 3.56. The van der Waals surface area contributed by atoms with Crippen molar-refractivity contribution in [3.8, 4) is 5.75 Å². The van der Waals surface area contributed by atoms with Crippen LogP contribution in [0, 0.1) is 0 Å². The van der Waals surface area contributed by atoms with Crippen LogP contribution >= 0.6 is 0 Å². The largest absolute Gasteiger partial charge is 0.497 e. The molecule has 2 heterocycles. The molecule has 1 amide bonds. The Morgan fingerprint density at radius 1 is 1.30 bits per heavy atom. The van der Waals surface area contributed by atoms with E-state index in [-0.39, 0.29) is 11.9 Å². The van der Waals surface area contributed by atoms with Gasteiger partial charge in [-0.25, -0.2) is 0 Å². The van der Waals surface area contributed by atoms with E-state index in [1.54, 1.807) is 7.11 Å². The molecule has 1 atom stereocenters. The molecule has 1 aliphatic carbocycles. The zero-order valence-corrected chi connectivity index (χ0v) is 13.3. The van der Waals surface area contributed by atoms with Crippen molar-refractivity contribution in [1.82, 2.24) is 15.1 Å². The Bertz CT molecular complexity index is 721. The monoisotopic (exact) mass is 311 g/mol. The number of H-pyrrole nitrogens is 1. The van der Waals surface area contributed by atoms with Gasteiger partial charge in [0, 0.05) is 18.2 Å². The minimum absolute atomic E-state index is 0.0264. The zero-order valence-electron chi connectivity index (χ0n) is 13.3. The van der Waals surface area contributed by atoms with Crippen LogP contribution in [-0.4, -0.2) is 34.7 Å². The molecule has 2 fully saturated rings. The van der Waals surface area contributed by atoms with Crippen molar-refractivity contribution in [2.45, 2.75) is 37.6 Å². The van der Waals surface area contributed by atoms with Crippen LogP contribution in [0.15, 0.2) is 30.3 Å². The Balaban J connectivity index is 1.57. The highest BCUT2D eigenvalue weighted by atomic mass is 16.5. The van der Waals surface area contributed by atoms with Gasteiger partial charge < -0.3 is 9.64 Å². The number of ether oxygens (including phenoxy) is 1. The molecule has 1 N–H and O–H groups in total. The van der Waals surface area contributed by atoms with E-state index in [9.17, 15) is 4.79 Å². The molecule has 1 saturated carbocycles. The van der Waals surface area contributed by atoms with Crippen molar-refractivity contribution in [3.63, 3.8) is 0 Å². The Morgan fingerprint density at radius 3 is 2.96 bits per heavy atom. The normalized spacial score (nSPS) is 20.7. The lowest BCUT2D eigenvalue weighted by atomic mass is 10.0. The van der Waals surface area contributed by atoms with Crippen molar-refractivity contribution in [3.05, 3.63) is 47.3 Å². The van der Waals surface area contributed by atoms with Crippen LogP contribution in [0.4, 0.5) is 0 Å². The van der Waals surface area contributed by atoms with Crippen LogP contribution in [0.2, 0.25) is 0 Å². The van der Waals surface area contributed by atoms with Gasteiger partial charge in [-0.15, -0.1) is 0 Å². The molecular weight excluding hydrogens is 290 g/mol. The first-order chi connectivity index (χ1) is 11.3. The number of hydrogen-bond acceptors (Lipinski definition) is 3. The minimum Gasteiger partial charge on any atom is -0.497 e. The van der Waals surface area contributed by atoms with Crippen molar-refractivity contribution >= 4 is 5.91 Å². The number of carbonyl (C=O) groups is 1. The number of aromatic amines is 1. The maximum atomic E-state index is 12.9. The predicted octanol–water partition coefficient (Wildman–Crippen LogP) is 3.27. The van der Waals surface area contributed by atoms with Crippen molar-refractivity contribution in [2.24, 2.45) is 0 Å². The number of carbonyl (C=O) groups excluding carboxylic acids is 1. The SMILES string of the molecule is COc1cccc([C@@H]2CCCN2C(=O)c2cc(C3CC3)[nH]n2)c1. The minimum atomic E-state index is 0.0264. The highest BCUT2D eigenvalue weighted by Gasteiger charge is 2.33. The molecule has 2 aliphatic rings. The summed E-state index contributed by atoms with van der Waals surface area (Å²) in [4.78, 5) is 14.8. The van der Waals surface area contributed by atoms with Gasteiger partial charge in [-0.2, -0.15) is 5.10 Å². The molecule has 5 heteroatoms. The topological polar surface area (TPSA) is 58.2 Å². The molecule has 0 radical (unpaired) electrons. The summed E-state index contributed by atoms with van der Waals surface area (Å²) in [5, 5.41) is 7.27. The molecule has 1 aliphatic heterocycles. The van der Waals surface area contributed by atoms with E-state index in [1.807, 2.05) is 29.2 Å². The molecule has 4 rings (SSSR count). The maximum absolute atomic E-state index is 12.9. The van der Waals surface area contributed by atoms with E-state index in [4.69, 9.17) is 4.74 Å². The summed E-state index contributed by atoms with van der Waals surface area (Å²) in [6.45, 7) is 0.784. The fraction of sp³-hybridized carbons (Fsp3) is 0.444. The molecule has 1 aromatic heterocycles. The summed E-state index contributed by atoms with van der Waals surface area (Å²) >= 11 is 0. The molecule has 1 saturated heterocycles. The molecule has 5 nitrogen and oxygen atoms in total. The third kappa shape index (κ3) is 2.71. The van der Waals surface area contributed by atoms with E-state index < -0.39 is 0 Å². The average Bonchev–Trinajstić information content (AvgIpc) is 3.14. The quantitative estimate of drug-likeness (QED) is 0.942. The van der Waals surface area contributed by atoms with Crippen LogP contribution in [0.3, 0.4) is 0 Å². The third-order valence-electron chi connectivity index (χ3n) is 4.83. The van der Waals surface area contributed by atoms with Gasteiger partial charge in [0.1, 0.15) is 11.4 Å². The summed E-state index contributed by atoms with van der Waals surface area (Å²) in [7, 11) is 1.67. The van der Waals surface area contributed by atoms with E-state index in [0.29, 0.717) is 11.6 Å². The first-order valence-electron chi connectivity index (χ1n) is 8.26. The van der Waals surface area contributed by atoms with Gasteiger partial charge >= 0.3 is 0 Å². The number of nitrogens with one attached hydrogen (secondary N) is 1. The lowest BCUT2D eigenvalue weighted by Crippen LogP contribution is -2.30. The van der Waals surface area contributed by atoms with Crippen LogP contribution in [0.5, 0.6) is 5.75 Å². The van der Waals surface area contributed by atoms with Gasteiger partial charge in [-0.1, -0.05) is 12.1 Å². The summed E-state index contributed by atoms with van der Waals surface area (Å²) in [5.41, 5.74) is 2.78. The van der Waals surface area contributed by atoms with Crippen molar-refractivity contribution in [1.29, 1.82) is 0 Å².